The van der Waals surface area contributed by atoms with Crippen LogP contribution >= 0.6 is 11.8 Å². The maximum absolute atomic E-state index is 13.1. The predicted molar refractivity (Wildman–Crippen MR) is 166 cm³/mol. The van der Waals surface area contributed by atoms with Crippen LogP contribution in [-0.4, -0.2) is 44.6 Å². The van der Waals surface area contributed by atoms with Gasteiger partial charge in [0.2, 0.25) is 0 Å². The Morgan fingerprint density at radius 2 is 1.77 bits per heavy atom. The number of hydrogen-bond donors (Lipinski definition) is 1. The van der Waals surface area contributed by atoms with Crippen LogP contribution in [0.15, 0.2) is 89.8 Å². The third kappa shape index (κ3) is 6.65. The molecule has 0 radical (unpaired) electrons. The van der Waals surface area contributed by atoms with Crippen LogP contribution in [0.25, 0.3) is 22.6 Å². The number of ether oxygens (including phenoxy) is 1. The number of urea groups is 1. The maximum atomic E-state index is 13.1. The number of para-hydroxylation sites is 1. The molecule has 1 aliphatic heterocycles. The Balaban J connectivity index is 1.14. The number of anilines is 1. The van der Waals surface area contributed by atoms with E-state index < -0.39 is 6.36 Å². The highest BCUT2D eigenvalue weighted by Crippen LogP contribution is 2.34. The number of halogens is 3. The van der Waals surface area contributed by atoms with Crippen molar-refractivity contribution in [2.45, 2.75) is 39.0 Å². The number of carbonyl (C=O) groups is 1. The molecule has 0 bridgehead atoms. The summed E-state index contributed by atoms with van der Waals surface area (Å²) in [4.78, 5) is 24.0. The molecule has 1 saturated heterocycles. The number of nitrogens with zero attached hydrogens (tertiary/aromatic N) is 5. The largest absolute Gasteiger partial charge is 0.573 e. The number of amidine groups is 1. The lowest BCUT2D eigenvalue weighted by atomic mass is 10.0. The molecule has 44 heavy (non-hydrogen) atoms. The van der Waals surface area contributed by atoms with E-state index in [0.717, 1.165) is 66.1 Å². The lowest BCUT2D eigenvalue weighted by Crippen LogP contribution is -2.28. The van der Waals surface area contributed by atoms with Gasteiger partial charge in [-0.3, -0.25) is 0 Å². The molecule has 1 aliphatic carbocycles. The van der Waals surface area contributed by atoms with Crippen molar-refractivity contribution < 1.29 is 22.7 Å². The van der Waals surface area contributed by atoms with Gasteiger partial charge in [0.05, 0.1) is 5.69 Å². The fourth-order valence-corrected chi connectivity index (χ4v) is 6.33. The minimum atomic E-state index is -4.75. The Morgan fingerprint density at radius 1 is 1.02 bits per heavy atom. The summed E-state index contributed by atoms with van der Waals surface area (Å²) in [6.07, 6.45) is 0.206. The molecule has 12 heteroatoms. The number of hydrogen-bond acceptors (Lipinski definition) is 5. The normalized spacial score (nSPS) is 16.2. The average molecular weight is 619 g/mol. The number of aromatic nitrogens is 3. The van der Waals surface area contributed by atoms with E-state index in [-0.39, 0.29) is 11.8 Å². The number of nitrogens with one attached hydrogen (secondary N) is 1. The first-order valence-electron chi connectivity index (χ1n) is 14.3. The van der Waals surface area contributed by atoms with Gasteiger partial charge in [-0.05, 0) is 72.7 Å². The van der Waals surface area contributed by atoms with Gasteiger partial charge in [0.25, 0.3) is 0 Å². The molecule has 6 rings (SSSR count). The number of aliphatic imine (C=N–C) groups is 1. The van der Waals surface area contributed by atoms with Crippen molar-refractivity contribution >= 4 is 34.2 Å². The van der Waals surface area contributed by atoms with Crippen molar-refractivity contribution in [2.24, 2.45) is 4.99 Å². The van der Waals surface area contributed by atoms with Crippen LogP contribution in [-0.2, 0) is 6.42 Å². The molecule has 2 amide bonds. The molecule has 0 unspecified atom stereocenters. The van der Waals surface area contributed by atoms with Gasteiger partial charge in [0, 0.05) is 29.2 Å². The van der Waals surface area contributed by atoms with Crippen molar-refractivity contribution in [2.75, 3.05) is 17.2 Å². The summed E-state index contributed by atoms with van der Waals surface area (Å²) in [5.41, 5.74) is 6.62. The van der Waals surface area contributed by atoms with Crippen LogP contribution in [0.1, 0.15) is 37.3 Å². The number of carbonyl (C=O) groups excluding carboxylic acids is 1. The molecule has 1 N–H and O–H groups in total. The van der Waals surface area contributed by atoms with Gasteiger partial charge in [-0.15, -0.1) is 18.3 Å². The average Bonchev–Trinajstić information content (AvgIpc) is 3.79. The van der Waals surface area contributed by atoms with E-state index in [1.165, 1.54) is 40.8 Å². The van der Waals surface area contributed by atoms with Gasteiger partial charge in [0.1, 0.15) is 12.1 Å². The van der Waals surface area contributed by atoms with Gasteiger partial charge in [-0.1, -0.05) is 61.2 Å². The summed E-state index contributed by atoms with van der Waals surface area (Å²) < 4.78 is 42.7. The monoisotopic (exact) mass is 618 g/mol. The maximum Gasteiger partial charge on any atom is 0.573 e. The molecule has 0 spiro atoms. The molecule has 8 nitrogen and oxygen atoms in total. The fraction of sp³-hybridized carbons (Fsp3) is 0.250. The predicted octanol–water partition coefficient (Wildman–Crippen LogP) is 7.61. The summed E-state index contributed by atoms with van der Waals surface area (Å²) in [6.45, 7) is 2.93. The van der Waals surface area contributed by atoms with E-state index in [2.05, 4.69) is 49.1 Å². The Labute approximate surface area is 256 Å². The number of amides is 2. The summed E-state index contributed by atoms with van der Waals surface area (Å²) in [5, 5.41) is 8.24. The lowest BCUT2D eigenvalue weighted by Gasteiger charge is -2.21. The van der Waals surface area contributed by atoms with Crippen LogP contribution in [0.3, 0.4) is 0 Å². The topological polar surface area (TPSA) is 84.6 Å². The van der Waals surface area contributed by atoms with Gasteiger partial charge < -0.3 is 15.0 Å². The highest BCUT2D eigenvalue weighted by molar-refractivity contribution is 8.14. The zero-order valence-corrected chi connectivity index (χ0v) is 24.7. The Morgan fingerprint density at radius 3 is 2.52 bits per heavy atom. The molecule has 1 fully saturated rings. The SMILES string of the molecule is CCc1ccccc1N1CCSC1=NC(=O)NC1=C(c2ccc(-c3ncn(-c4ccc(OC(F)(F)F)cc4)n3)cc2)CCC1. The zero-order valence-electron chi connectivity index (χ0n) is 23.8. The highest BCUT2D eigenvalue weighted by Gasteiger charge is 2.31. The summed E-state index contributed by atoms with van der Waals surface area (Å²) >= 11 is 1.59. The zero-order chi connectivity index (χ0) is 30.7. The van der Waals surface area contributed by atoms with E-state index in [9.17, 15) is 18.0 Å². The number of rotatable bonds is 7. The van der Waals surface area contributed by atoms with Crippen LogP contribution in [0.5, 0.6) is 5.75 Å². The molecular weight excluding hydrogens is 589 g/mol. The molecule has 1 aromatic heterocycles. The fourth-order valence-electron chi connectivity index (χ4n) is 5.38. The summed E-state index contributed by atoms with van der Waals surface area (Å²) in [7, 11) is 0. The van der Waals surface area contributed by atoms with Crippen molar-refractivity contribution in [3.8, 4) is 22.8 Å². The smallest absolute Gasteiger partial charge is 0.406 e. The molecule has 3 aromatic carbocycles. The number of alkyl halides is 3. The Bertz CT molecular complexity index is 1720. The van der Waals surface area contributed by atoms with E-state index in [4.69, 9.17) is 0 Å². The quantitative estimate of drug-likeness (QED) is 0.230. The van der Waals surface area contributed by atoms with Crippen LogP contribution < -0.4 is 15.0 Å². The minimum absolute atomic E-state index is 0.307. The Kier molecular flexibility index (Phi) is 8.42. The Hall–Kier alpha value is -4.58. The highest BCUT2D eigenvalue weighted by atomic mass is 32.2. The van der Waals surface area contributed by atoms with E-state index in [1.54, 1.807) is 11.8 Å². The second kappa shape index (κ2) is 12.6. The number of benzene rings is 3. The summed E-state index contributed by atoms with van der Waals surface area (Å²) in [6, 6.07) is 21.1. The molecule has 0 atom stereocenters. The van der Waals surface area contributed by atoms with Crippen LogP contribution in [0.2, 0.25) is 0 Å². The van der Waals surface area contributed by atoms with Crippen molar-refractivity contribution in [3.63, 3.8) is 0 Å². The molecule has 2 heterocycles. The van der Waals surface area contributed by atoms with Crippen LogP contribution in [0.4, 0.5) is 23.7 Å². The minimum Gasteiger partial charge on any atom is -0.406 e. The van der Waals surface area contributed by atoms with Crippen molar-refractivity contribution in [1.82, 2.24) is 20.1 Å². The molecule has 4 aromatic rings. The lowest BCUT2D eigenvalue weighted by molar-refractivity contribution is -0.274. The van der Waals surface area contributed by atoms with Crippen molar-refractivity contribution in [3.05, 3.63) is 95.9 Å². The van der Waals surface area contributed by atoms with Gasteiger partial charge in [-0.25, -0.2) is 14.5 Å². The molecule has 0 saturated carbocycles. The van der Waals surface area contributed by atoms with Crippen LogP contribution in [0, 0.1) is 0 Å². The van der Waals surface area contributed by atoms with E-state index in [0.29, 0.717) is 16.7 Å². The first kappa shape index (κ1) is 29.5. The number of thioether (sulfide) groups is 1. The number of allylic oxidation sites excluding steroid dienone is 2. The first-order valence-corrected chi connectivity index (χ1v) is 15.2. The van der Waals surface area contributed by atoms with Crippen molar-refractivity contribution in [1.29, 1.82) is 0 Å². The third-order valence-corrected chi connectivity index (χ3v) is 8.39. The van der Waals surface area contributed by atoms with E-state index in [1.807, 2.05) is 36.4 Å². The number of aryl methyl sites for hydroxylation is 1. The first-order chi connectivity index (χ1) is 21.3. The van der Waals surface area contributed by atoms with Gasteiger partial charge >= 0.3 is 12.4 Å². The van der Waals surface area contributed by atoms with Gasteiger partial charge in [-0.2, -0.15) is 4.99 Å². The third-order valence-electron chi connectivity index (χ3n) is 7.43. The second-order valence-corrected chi connectivity index (χ2v) is 11.3. The summed E-state index contributed by atoms with van der Waals surface area (Å²) in [5.74, 6) is 1.04. The van der Waals surface area contributed by atoms with E-state index >= 15 is 0 Å². The standard InChI is InChI=1S/C32H29F3N6O2S/c1-2-21-6-3-4-9-28(21)40-18-19-44-31(40)38-30(42)37-27-8-5-7-26(27)22-10-12-23(13-11-22)29-36-20-41(39-29)24-14-16-25(17-15-24)43-32(33,34)35/h3-4,6,9-17,20H,2,5,7-8,18-19H2,1H3,(H,37,42). The van der Waals surface area contributed by atoms with Gasteiger partial charge in [0.15, 0.2) is 11.0 Å². The molecule has 2 aliphatic rings. The molecule has 226 valence electrons. The second-order valence-electron chi connectivity index (χ2n) is 10.2. The molecular formula is C32H29F3N6O2S.